The lowest BCUT2D eigenvalue weighted by Crippen LogP contribution is -2.25. The first-order valence-electron chi connectivity index (χ1n) is 5.09. The van der Waals surface area contributed by atoms with Gasteiger partial charge in [-0.15, -0.1) is 0 Å². The third-order valence-corrected chi connectivity index (χ3v) is 2.50. The van der Waals surface area contributed by atoms with Crippen molar-refractivity contribution in [3.05, 3.63) is 47.3 Å². The highest BCUT2D eigenvalue weighted by atomic mass is 19.4. The number of nitrogens with zero attached hydrogens (tertiary/aromatic N) is 2. The van der Waals surface area contributed by atoms with E-state index in [1.807, 2.05) is 0 Å². The van der Waals surface area contributed by atoms with Gasteiger partial charge in [0.2, 0.25) is 0 Å². The normalized spacial score (nSPS) is 15.8. The van der Waals surface area contributed by atoms with Crippen LogP contribution in [0.25, 0.3) is 5.70 Å². The van der Waals surface area contributed by atoms with Crippen LogP contribution in [0.5, 0.6) is 0 Å². The standard InChI is InChI=1S/C12H8F3N3/c13-12(14,15)10-5-11(18-7-9(10)6-16)8-1-3-17-4-2-8/h1-5,18H,7H2. The summed E-state index contributed by atoms with van der Waals surface area (Å²) in [5.74, 6) is 0. The van der Waals surface area contributed by atoms with Crippen molar-refractivity contribution in [2.45, 2.75) is 6.18 Å². The fraction of sp³-hybridized carbons (Fsp3) is 0.167. The molecule has 0 unspecified atom stereocenters. The van der Waals surface area contributed by atoms with Crippen molar-refractivity contribution in [1.29, 1.82) is 5.26 Å². The number of hydrogen-bond acceptors (Lipinski definition) is 3. The van der Waals surface area contributed by atoms with Gasteiger partial charge in [-0.25, -0.2) is 0 Å². The van der Waals surface area contributed by atoms with Crippen molar-refractivity contribution < 1.29 is 13.2 Å². The molecule has 2 heterocycles. The van der Waals surface area contributed by atoms with Gasteiger partial charge in [-0.3, -0.25) is 4.98 Å². The van der Waals surface area contributed by atoms with Gasteiger partial charge in [0.05, 0.1) is 23.8 Å². The van der Waals surface area contributed by atoms with Gasteiger partial charge >= 0.3 is 6.18 Å². The van der Waals surface area contributed by atoms with E-state index in [2.05, 4.69) is 10.3 Å². The molecule has 6 heteroatoms. The van der Waals surface area contributed by atoms with Crippen LogP contribution in [-0.4, -0.2) is 17.7 Å². The van der Waals surface area contributed by atoms with Crippen molar-refractivity contribution in [3.8, 4) is 6.07 Å². The van der Waals surface area contributed by atoms with E-state index in [9.17, 15) is 13.2 Å². The number of nitrogens with one attached hydrogen (secondary N) is 1. The number of hydrogen-bond donors (Lipinski definition) is 1. The first-order valence-corrected chi connectivity index (χ1v) is 5.09. The number of aromatic nitrogens is 1. The summed E-state index contributed by atoms with van der Waals surface area (Å²) in [6, 6.07) is 4.78. The lowest BCUT2D eigenvalue weighted by atomic mass is 10.0. The Morgan fingerprint density at radius 2 is 1.94 bits per heavy atom. The molecule has 1 aliphatic heterocycles. The molecule has 1 aliphatic rings. The minimum Gasteiger partial charge on any atom is -0.380 e. The fourth-order valence-corrected chi connectivity index (χ4v) is 1.63. The van der Waals surface area contributed by atoms with E-state index in [0.717, 1.165) is 6.08 Å². The number of pyridine rings is 1. The fourth-order valence-electron chi connectivity index (χ4n) is 1.63. The van der Waals surface area contributed by atoms with Crippen molar-refractivity contribution >= 4 is 5.70 Å². The number of alkyl halides is 3. The number of rotatable bonds is 1. The number of dihydropyridines is 1. The van der Waals surface area contributed by atoms with Crippen LogP contribution >= 0.6 is 0 Å². The van der Waals surface area contributed by atoms with Crippen molar-refractivity contribution in [2.24, 2.45) is 0 Å². The molecular weight excluding hydrogens is 243 g/mol. The van der Waals surface area contributed by atoms with Crippen LogP contribution in [0.15, 0.2) is 41.7 Å². The maximum atomic E-state index is 12.8. The molecule has 0 atom stereocenters. The second kappa shape index (κ2) is 4.53. The molecule has 2 rings (SSSR count). The lowest BCUT2D eigenvalue weighted by molar-refractivity contribution is -0.0889. The topological polar surface area (TPSA) is 48.7 Å². The maximum absolute atomic E-state index is 12.8. The van der Waals surface area contributed by atoms with Crippen molar-refractivity contribution in [2.75, 3.05) is 6.54 Å². The van der Waals surface area contributed by atoms with E-state index in [4.69, 9.17) is 5.26 Å². The molecule has 0 saturated carbocycles. The Morgan fingerprint density at radius 3 is 2.50 bits per heavy atom. The Morgan fingerprint density at radius 1 is 1.28 bits per heavy atom. The summed E-state index contributed by atoms with van der Waals surface area (Å²) >= 11 is 0. The SMILES string of the molecule is N#CC1=C(C(F)(F)F)C=C(c2ccncc2)NC1. The molecule has 1 aromatic heterocycles. The zero-order valence-corrected chi connectivity index (χ0v) is 9.12. The van der Waals surface area contributed by atoms with Crippen LogP contribution in [0.3, 0.4) is 0 Å². The van der Waals surface area contributed by atoms with Crippen LogP contribution in [0.4, 0.5) is 13.2 Å². The van der Waals surface area contributed by atoms with E-state index in [-0.39, 0.29) is 12.1 Å². The highest BCUT2D eigenvalue weighted by Crippen LogP contribution is 2.33. The van der Waals surface area contributed by atoms with E-state index >= 15 is 0 Å². The quantitative estimate of drug-likeness (QED) is 0.833. The van der Waals surface area contributed by atoms with Gasteiger partial charge in [-0.05, 0) is 18.2 Å². The molecule has 92 valence electrons. The molecule has 0 aromatic carbocycles. The molecule has 0 bridgehead atoms. The lowest BCUT2D eigenvalue weighted by Gasteiger charge is -2.20. The van der Waals surface area contributed by atoms with Gasteiger partial charge in [0.15, 0.2) is 0 Å². The van der Waals surface area contributed by atoms with E-state index < -0.39 is 11.7 Å². The zero-order valence-electron chi connectivity index (χ0n) is 9.12. The molecule has 3 nitrogen and oxygen atoms in total. The third-order valence-electron chi connectivity index (χ3n) is 2.50. The zero-order chi connectivity index (χ0) is 13.2. The van der Waals surface area contributed by atoms with Gasteiger partial charge in [-0.2, -0.15) is 18.4 Å². The van der Waals surface area contributed by atoms with Crippen LogP contribution in [0.1, 0.15) is 5.56 Å². The highest BCUT2D eigenvalue weighted by Gasteiger charge is 2.36. The molecule has 18 heavy (non-hydrogen) atoms. The van der Waals surface area contributed by atoms with E-state index in [1.54, 1.807) is 18.2 Å². The number of nitriles is 1. The molecule has 1 aromatic rings. The van der Waals surface area contributed by atoms with Gasteiger partial charge < -0.3 is 5.32 Å². The Balaban J connectivity index is 2.46. The molecule has 0 amide bonds. The van der Waals surface area contributed by atoms with Crippen molar-refractivity contribution in [1.82, 2.24) is 10.3 Å². The predicted molar refractivity (Wildman–Crippen MR) is 58.9 cm³/mol. The Kier molecular flexibility index (Phi) is 3.06. The average Bonchev–Trinajstić information content (AvgIpc) is 2.38. The van der Waals surface area contributed by atoms with E-state index in [1.165, 1.54) is 12.4 Å². The Bertz CT molecular complexity index is 550. The van der Waals surface area contributed by atoms with Gasteiger partial charge in [0.1, 0.15) is 0 Å². The summed E-state index contributed by atoms with van der Waals surface area (Å²) in [4.78, 5) is 3.80. The average molecular weight is 251 g/mol. The first-order chi connectivity index (χ1) is 8.52. The molecule has 0 aliphatic carbocycles. The predicted octanol–water partition coefficient (Wildman–Crippen LogP) is 2.41. The minimum atomic E-state index is -4.52. The molecular formula is C12H8F3N3. The third kappa shape index (κ3) is 2.35. The van der Waals surface area contributed by atoms with E-state index in [0.29, 0.717) is 11.3 Å². The second-order valence-electron chi connectivity index (χ2n) is 3.65. The first kappa shape index (κ1) is 12.2. The molecule has 0 radical (unpaired) electrons. The number of halogens is 3. The van der Waals surface area contributed by atoms with Crippen LogP contribution in [-0.2, 0) is 0 Å². The van der Waals surface area contributed by atoms with Gasteiger partial charge in [0, 0.05) is 23.7 Å². The summed E-state index contributed by atoms with van der Waals surface area (Å²) < 4.78 is 38.3. The molecule has 0 saturated heterocycles. The van der Waals surface area contributed by atoms with Gasteiger partial charge in [-0.1, -0.05) is 0 Å². The minimum absolute atomic E-state index is 0.125. The molecule has 1 N–H and O–H groups in total. The Hall–Kier alpha value is -2.29. The summed E-state index contributed by atoms with van der Waals surface area (Å²) in [5.41, 5.74) is -0.261. The smallest absolute Gasteiger partial charge is 0.380 e. The molecule has 0 fully saturated rings. The van der Waals surface area contributed by atoms with Gasteiger partial charge in [0.25, 0.3) is 0 Å². The highest BCUT2D eigenvalue weighted by molar-refractivity contribution is 5.70. The monoisotopic (exact) mass is 251 g/mol. The summed E-state index contributed by atoms with van der Waals surface area (Å²) in [6.07, 6.45) is -0.577. The van der Waals surface area contributed by atoms with Crippen LogP contribution in [0.2, 0.25) is 0 Å². The number of allylic oxidation sites excluding steroid dienone is 2. The Labute approximate surface area is 101 Å². The van der Waals surface area contributed by atoms with Crippen molar-refractivity contribution in [3.63, 3.8) is 0 Å². The summed E-state index contributed by atoms with van der Waals surface area (Å²) in [7, 11) is 0. The summed E-state index contributed by atoms with van der Waals surface area (Å²) in [6.45, 7) is -0.125. The van der Waals surface area contributed by atoms with Crippen LogP contribution < -0.4 is 5.32 Å². The molecule has 0 spiro atoms. The maximum Gasteiger partial charge on any atom is 0.417 e. The largest absolute Gasteiger partial charge is 0.417 e. The van der Waals surface area contributed by atoms with Crippen LogP contribution in [0, 0.1) is 11.3 Å². The summed E-state index contributed by atoms with van der Waals surface area (Å²) in [5, 5.41) is 11.5. The second-order valence-corrected chi connectivity index (χ2v) is 3.65.